The van der Waals surface area contributed by atoms with Crippen molar-refractivity contribution >= 4 is 35.2 Å². The van der Waals surface area contributed by atoms with Gasteiger partial charge in [0, 0.05) is 27.9 Å². The Hall–Kier alpha value is -1.92. The van der Waals surface area contributed by atoms with Crippen LogP contribution in [0.2, 0.25) is 5.02 Å². The molecule has 0 saturated carbocycles. The smallest absolute Gasteiger partial charge is 0.340 e. The Kier molecular flexibility index (Phi) is 6.96. The third-order valence-corrected chi connectivity index (χ3v) is 4.88. The molecule has 0 bridgehead atoms. The number of halogens is 1. The zero-order valence-electron chi connectivity index (χ0n) is 14.4. The second-order valence-corrected chi connectivity index (χ2v) is 7.01. The maximum Gasteiger partial charge on any atom is 0.340 e. The SMILES string of the molecule is CCOC(=O)c1c(C)[nH]c(C(=O)NCCSc2ccc(Cl)cc2)c1C. The van der Waals surface area contributed by atoms with Crippen molar-refractivity contribution in [3.8, 4) is 0 Å². The first-order valence-electron chi connectivity index (χ1n) is 7.96. The van der Waals surface area contributed by atoms with E-state index in [1.807, 2.05) is 24.3 Å². The highest BCUT2D eigenvalue weighted by Crippen LogP contribution is 2.21. The predicted molar refractivity (Wildman–Crippen MR) is 101 cm³/mol. The number of aryl methyl sites for hydroxylation is 1. The molecule has 0 atom stereocenters. The summed E-state index contributed by atoms with van der Waals surface area (Å²) in [5.41, 5.74) is 2.08. The zero-order chi connectivity index (χ0) is 18.4. The molecular weight excluding hydrogens is 360 g/mol. The summed E-state index contributed by atoms with van der Waals surface area (Å²) >= 11 is 7.48. The molecule has 2 aromatic rings. The van der Waals surface area contributed by atoms with Crippen LogP contribution in [-0.4, -0.2) is 35.8 Å². The minimum Gasteiger partial charge on any atom is -0.462 e. The maximum absolute atomic E-state index is 12.3. The van der Waals surface area contributed by atoms with Crippen LogP contribution in [0.4, 0.5) is 0 Å². The lowest BCUT2D eigenvalue weighted by atomic mass is 10.1. The number of benzene rings is 1. The Morgan fingerprint density at radius 2 is 1.92 bits per heavy atom. The van der Waals surface area contributed by atoms with Crippen molar-refractivity contribution in [1.82, 2.24) is 10.3 Å². The molecule has 0 saturated heterocycles. The van der Waals surface area contributed by atoms with Gasteiger partial charge in [-0.2, -0.15) is 0 Å². The van der Waals surface area contributed by atoms with Gasteiger partial charge in [-0.05, 0) is 50.6 Å². The van der Waals surface area contributed by atoms with Crippen LogP contribution in [0.5, 0.6) is 0 Å². The summed E-state index contributed by atoms with van der Waals surface area (Å²) in [6.45, 7) is 6.06. The maximum atomic E-state index is 12.3. The van der Waals surface area contributed by atoms with Gasteiger partial charge in [-0.25, -0.2) is 4.79 Å². The van der Waals surface area contributed by atoms with Crippen LogP contribution in [-0.2, 0) is 4.74 Å². The summed E-state index contributed by atoms with van der Waals surface area (Å²) in [6, 6.07) is 7.56. The Morgan fingerprint density at radius 1 is 1.24 bits per heavy atom. The van der Waals surface area contributed by atoms with E-state index in [9.17, 15) is 9.59 Å². The number of hydrogen-bond donors (Lipinski definition) is 2. The molecular formula is C18H21ClN2O3S. The summed E-state index contributed by atoms with van der Waals surface area (Å²) in [5.74, 6) is 0.0931. The van der Waals surface area contributed by atoms with Crippen LogP contribution in [0, 0.1) is 13.8 Å². The number of aromatic nitrogens is 1. The molecule has 2 rings (SSSR count). The number of esters is 1. The highest BCUT2D eigenvalue weighted by atomic mass is 35.5. The lowest BCUT2D eigenvalue weighted by Crippen LogP contribution is -2.26. The van der Waals surface area contributed by atoms with Crippen LogP contribution in [0.15, 0.2) is 29.2 Å². The minimum atomic E-state index is -0.411. The van der Waals surface area contributed by atoms with Crippen LogP contribution in [0.25, 0.3) is 0 Å². The second kappa shape index (κ2) is 8.97. The molecule has 0 aliphatic heterocycles. The topological polar surface area (TPSA) is 71.2 Å². The van der Waals surface area contributed by atoms with Gasteiger partial charge < -0.3 is 15.0 Å². The summed E-state index contributed by atoms with van der Waals surface area (Å²) in [4.78, 5) is 28.4. The van der Waals surface area contributed by atoms with Gasteiger partial charge in [0.25, 0.3) is 5.91 Å². The van der Waals surface area contributed by atoms with Gasteiger partial charge in [0.2, 0.25) is 0 Å². The first-order chi connectivity index (χ1) is 11.9. The van der Waals surface area contributed by atoms with Crippen LogP contribution in [0.3, 0.4) is 0 Å². The quantitative estimate of drug-likeness (QED) is 0.433. The summed E-state index contributed by atoms with van der Waals surface area (Å²) < 4.78 is 5.04. The van der Waals surface area contributed by atoms with Crippen molar-refractivity contribution in [3.05, 3.63) is 51.8 Å². The van der Waals surface area contributed by atoms with Crippen molar-refractivity contribution in [2.75, 3.05) is 18.9 Å². The Labute approximate surface area is 156 Å². The van der Waals surface area contributed by atoms with Crippen molar-refractivity contribution in [2.45, 2.75) is 25.7 Å². The van der Waals surface area contributed by atoms with Gasteiger partial charge in [0.15, 0.2) is 0 Å². The normalized spacial score (nSPS) is 10.6. The molecule has 7 heteroatoms. The zero-order valence-corrected chi connectivity index (χ0v) is 16.0. The fraction of sp³-hybridized carbons (Fsp3) is 0.333. The molecule has 1 aromatic heterocycles. The van der Waals surface area contributed by atoms with Crippen LogP contribution < -0.4 is 5.32 Å². The Morgan fingerprint density at radius 3 is 2.56 bits per heavy atom. The number of H-pyrrole nitrogens is 1. The van der Waals surface area contributed by atoms with Crippen LogP contribution in [0.1, 0.15) is 39.0 Å². The standard InChI is InChI=1S/C18H21ClN2O3S/c1-4-24-18(23)15-11(2)16(21-12(15)3)17(22)20-9-10-25-14-7-5-13(19)6-8-14/h5-8,21H,4,9-10H2,1-3H3,(H,20,22). The lowest BCUT2D eigenvalue weighted by Gasteiger charge is -2.06. The van der Waals surface area contributed by atoms with Gasteiger partial charge in [-0.15, -0.1) is 11.8 Å². The molecule has 134 valence electrons. The van der Waals surface area contributed by atoms with Gasteiger partial charge in [0.1, 0.15) is 5.69 Å². The lowest BCUT2D eigenvalue weighted by molar-refractivity contribution is 0.0525. The number of thioether (sulfide) groups is 1. The molecule has 1 amide bonds. The van der Waals surface area contributed by atoms with Gasteiger partial charge >= 0.3 is 5.97 Å². The van der Waals surface area contributed by atoms with Gasteiger partial charge in [0.05, 0.1) is 12.2 Å². The van der Waals surface area contributed by atoms with E-state index in [-0.39, 0.29) is 5.91 Å². The second-order valence-electron chi connectivity index (χ2n) is 5.40. The third-order valence-electron chi connectivity index (χ3n) is 3.61. The van der Waals surface area contributed by atoms with Gasteiger partial charge in [-0.3, -0.25) is 4.79 Å². The Balaban J connectivity index is 1.91. The van der Waals surface area contributed by atoms with Crippen molar-refractivity contribution < 1.29 is 14.3 Å². The Bertz CT molecular complexity index is 756. The summed E-state index contributed by atoms with van der Waals surface area (Å²) in [7, 11) is 0. The molecule has 5 nitrogen and oxygen atoms in total. The first kappa shape index (κ1) is 19.4. The molecule has 0 unspecified atom stereocenters. The molecule has 0 aliphatic rings. The van der Waals surface area contributed by atoms with E-state index < -0.39 is 5.97 Å². The average molecular weight is 381 g/mol. The molecule has 0 spiro atoms. The number of hydrogen-bond acceptors (Lipinski definition) is 4. The highest BCUT2D eigenvalue weighted by molar-refractivity contribution is 7.99. The molecule has 0 radical (unpaired) electrons. The number of nitrogens with one attached hydrogen (secondary N) is 2. The highest BCUT2D eigenvalue weighted by Gasteiger charge is 2.22. The summed E-state index contributed by atoms with van der Waals surface area (Å²) in [5, 5.41) is 3.57. The molecule has 25 heavy (non-hydrogen) atoms. The monoisotopic (exact) mass is 380 g/mol. The van der Waals surface area contributed by atoms with E-state index >= 15 is 0 Å². The average Bonchev–Trinajstić information content (AvgIpc) is 2.88. The summed E-state index contributed by atoms with van der Waals surface area (Å²) in [6.07, 6.45) is 0. The largest absolute Gasteiger partial charge is 0.462 e. The molecule has 0 fully saturated rings. The number of carbonyl (C=O) groups is 2. The van der Waals surface area contributed by atoms with E-state index in [1.54, 1.807) is 32.5 Å². The predicted octanol–water partition coefficient (Wildman–Crippen LogP) is 3.98. The molecule has 1 aromatic carbocycles. The number of rotatable bonds is 7. The van der Waals surface area contributed by atoms with Crippen LogP contribution >= 0.6 is 23.4 Å². The third kappa shape index (κ3) is 5.03. The fourth-order valence-electron chi connectivity index (χ4n) is 2.44. The van der Waals surface area contributed by atoms with E-state index in [0.29, 0.717) is 40.7 Å². The van der Waals surface area contributed by atoms with Crippen molar-refractivity contribution in [2.24, 2.45) is 0 Å². The van der Waals surface area contributed by atoms with E-state index in [2.05, 4.69) is 10.3 Å². The molecule has 1 heterocycles. The molecule has 0 aliphatic carbocycles. The van der Waals surface area contributed by atoms with E-state index in [4.69, 9.17) is 16.3 Å². The number of aromatic amines is 1. The number of carbonyl (C=O) groups excluding carboxylic acids is 2. The number of ether oxygens (including phenoxy) is 1. The minimum absolute atomic E-state index is 0.229. The van der Waals surface area contributed by atoms with E-state index in [0.717, 1.165) is 10.6 Å². The first-order valence-corrected chi connectivity index (χ1v) is 9.33. The van der Waals surface area contributed by atoms with Gasteiger partial charge in [-0.1, -0.05) is 11.6 Å². The van der Waals surface area contributed by atoms with Crippen molar-refractivity contribution in [1.29, 1.82) is 0 Å². The fourth-order valence-corrected chi connectivity index (χ4v) is 3.33. The number of amides is 1. The van der Waals surface area contributed by atoms with E-state index in [1.165, 1.54) is 0 Å². The molecule has 2 N–H and O–H groups in total. The van der Waals surface area contributed by atoms with Crippen molar-refractivity contribution in [3.63, 3.8) is 0 Å².